The molecular formula is C18H21BN2O4S. The SMILES string of the molecule is CC1(C)OB(c2cc(C#N)c3ccn(S(=O)(=O)C4CC4)c3c2)OC1(C)C. The highest BCUT2D eigenvalue weighted by Gasteiger charge is 2.52. The number of fused-ring (bicyclic) bond motifs is 1. The topological polar surface area (TPSA) is 81.3 Å². The zero-order chi connectivity index (χ0) is 18.9. The highest BCUT2D eigenvalue weighted by atomic mass is 32.2. The molecule has 2 aromatic rings. The van der Waals surface area contributed by atoms with Crippen molar-refractivity contribution in [3.8, 4) is 6.07 Å². The number of nitriles is 1. The average molecular weight is 372 g/mol. The first-order valence-corrected chi connectivity index (χ1v) is 10.2. The van der Waals surface area contributed by atoms with Crippen LogP contribution >= 0.6 is 0 Å². The van der Waals surface area contributed by atoms with Gasteiger partial charge in [0, 0.05) is 11.6 Å². The molecule has 1 aliphatic heterocycles. The van der Waals surface area contributed by atoms with Crippen molar-refractivity contribution >= 4 is 33.5 Å². The first-order chi connectivity index (χ1) is 12.1. The van der Waals surface area contributed by atoms with Crippen LogP contribution in [0, 0.1) is 11.3 Å². The van der Waals surface area contributed by atoms with E-state index in [1.54, 1.807) is 18.2 Å². The fourth-order valence-electron chi connectivity index (χ4n) is 3.20. The van der Waals surface area contributed by atoms with Crippen LogP contribution in [0.5, 0.6) is 0 Å². The second kappa shape index (κ2) is 5.35. The fraction of sp³-hybridized carbons (Fsp3) is 0.500. The van der Waals surface area contributed by atoms with Crippen LogP contribution in [0.25, 0.3) is 10.9 Å². The standard InChI is InChI=1S/C18H21BN2O4S/c1-17(2)18(3,4)25-19(24-17)13-9-12(11-20)15-7-8-21(16(15)10-13)26(22,23)14-5-6-14/h7-10,14H,5-6H2,1-4H3. The van der Waals surface area contributed by atoms with Gasteiger partial charge in [-0.1, -0.05) is 0 Å². The van der Waals surface area contributed by atoms with E-state index in [1.807, 2.05) is 27.7 Å². The third-order valence-corrected chi connectivity index (χ3v) is 7.84. The molecule has 0 unspecified atom stereocenters. The van der Waals surface area contributed by atoms with E-state index in [0.717, 1.165) is 0 Å². The minimum atomic E-state index is -3.43. The lowest BCUT2D eigenvalue weighted by atomic mass is 9.78. The Labute approximate surface area is 153 Å². The molecule has 0 radical (unpaired) electrons. The van der Waals surface area contributed by atoms with Crippen molar-refractivity contribution in [2.75, 3.05) is 0 Å². The Morgan fingerprint density at radius 2 is 1.81 bits per heavy atom. The molecule has 6 nitrogen and oxygen atoms in total. The predicted molar refractivity (Wildman–Crippen MR) is 99.7 cm³/mol. The summed E-state index contributed by atoms with van der Waals surface area (Å²) in [5.41, 5.74) is 0.541. The van der Waals surface area contributed by atoms with Gasteiger partial charge in [-0.05, 0) is 64.2 Å². The first-order valence-electron chi connectivity index (χ1n) is 8.72. The predicted octanol–water partition coefficient (Wildman–Crippen LogP) is 2.15. The zero-order valence-electron chi connectivity index (χ0n) is 15.3. The van der Waals surface area contributed by atoms with E-state index in [-0.39, 0.29) is 5.25 Å². The van der Waals surface area contributed by atoms with Crippen LogP contribution in [0.4, 0.5) is 0 Å². The Morgan fingerprint density at radius 1 is 1.19 bits per heavy atom. The number of hydrogen-bond acceptors (Lipinski definition) is 5. The Bertz CT molecular complexity index is 1030. The minimum absolute atomic E-state index is 0.330. The fourth-order valence-corrected chi connectivity index (χ4v) is 4.90. The first kappa shape index (κ1) is 17.6. The molecule has 1 aromatic carbocycles. The summed E-state index contributed by atoms with van der Waals surface area (Å²) in [6.07, 6.45) is 2.90. The monoisotopic (exact) mass is 372 g/mol. The van der Waals surface area contributed by atoms with Gasteiger partial charge in [0.25, 0.3) is 0 Å². The number of rotatable bonds is 3. The molecule has 0 N–H and O–H groups in total. The second-order valence-corrected chi connectivity index (χ2v) is 10.1. The molecule has 8 heteroatoms. The molecular weight excluding hydrogens is 351 g/mol. The van der Waals surface area contributed by atoms with Gasteiger partial charge < -0.3 is 9.31 Å². The lowest BCUT2D eigenvalue weighted by molar-refractivity contribution is 0.00578. The Hall–Kier alpha value is -1.82. The molecule has 136 valence electrons. The molecule has 1 aliphatic carbocycles. The van der Waals surface area contributed by atoms with Crippen LogP contribution in [-0.4, -0.2) is 36.0 Å². The molecule has 1 saturated carbocycles. The van der Waals surface area contributed by atoms with E-state index in [0.29, 0.717) is 34.8 Å². The molecule has 1 saturated heterocycles. The van der Waals surface area contributed by atoms with E-state index in [2.05, 4.69) is 6.07 Å². The van der Waals surface area contributed by atoms with Gasteiger partial charge in [-0.3, -0.25) is 0 Å². The van der Waals surface area contributed by atoms with Crippen molar-refractivity contribution in [2.45, 2.75) is 57.0 Å². The van der Waals surface area contributed by atoms with Gasteiger partial charge in [-0.2, -0.15) is 5.26 Å². The summed E-state index contributed by atoms with van der Waals surface area (Å²) in [6, 6.07) is 7.33. The molecule has 0 spiro atoms. The molecule has 2 fully saturated rings. The van der Waals surface area contributed by atoms with Gasteiger partial charge in [0.1, 0.15) is 0 Å². The summed E-state index contributed by atoms with van der Waals surface area (Å²) in [5.74, 6) is 0. The molecule has 0 atom stereocenters. The van der Waals surface area contributed by atoms with Gasteiger partial charge in [0.05, 0.1) is 33.6 Å². The van der Waals surface area contributed by atoms with Crippen molar-refractivity contribution in [3.05, 3.63) is 30.0 Å². The van der Waals surface area contributed by atoms with E-state index in [1.165, 1.54) is 10.2 Å². The van der Waals surface area contributed by atoms with Gasteiger partial charge >= 0.3 is 7.12 Å². The largest absolute Gasteiger partial charge is 0.494 e. The lowest BCUT2D eigenvalue weighted by Crippen LogP contribution is -2.41. The maximum atomic E-state index is 12.7. The molecule has 2 heterocycles. The highest BCUT2D eigenvalue weighted by molar-refractivity contribution is 7.91. The molecule has 1 aromatic heterocycles. The van der Waals surface area contributed by atoms with Crippen molar-refractivity contribution < 1.29 is 17.7 Å². The summed E-state index contributed by atoms with van der Waals surface area (Å²) in [5, 5.41) is 9.84. The smallest absolute Gasteiger partial charge is 0.399 e. The Morgan fingerprint density at radius 3 is 2.35 bits per heavy atom. The van der Waals surface area contributed by atoms with Gasteiger partial charge in [-0.25, -0.2) is 12.4 Å². The third kappa shape index (κ3) is 2.49. The average Bonchev–Trinajstić information content (AvgIpc) is 3.28. The van der Waals surface area contributed by atoms with Crippen LogP contribution in [0.2, 0.25) is 0 Å². The van der Waals surface area contributed by atoms with Crippen LogP contribution in [0.3, 0.4) is 0 Å². The van der Waals surface area contributed by atoms with Crippen LogP contribution < -0.4 is 5.46 Å². The van der Waals surface area contributed by atoms with E-state index < -0.39 is 28.3 Å². The van der Waals surface area contributed by atoms with E-state index >= 15 is 0 Å². The number of benzene rings is 1. The summed E-state index contributed by atoms with van der Waals surface area (Å²) >= 11 is 0. The molecule has 2 aliphatic rings. The van der Waals surface area contributed by atoms with Crippen molar-refractivity contribution in [1.82, 2.24) is 3.97 Å². The quantitative estimate of drug-likeness (QED) is 0.772. The molecule has 0 amide bonds. The normalized spacial score (nSPS) is 21.9. The molecule has 0 bridgehead atoms. The minimum Gasteiger partial charge on any atom is -0.399 e. The summed E-state index contributed by atoms with van der Waals surface area (Å²) in [6.45, 7) is 7.82. The van der Waals surface area contributed by atoms with Crippen molar-refractivity contribution in [2.24, 2.45) is 0 Å². The number of aromatic nitrogens is 1. The summed E-state index contributed by atoms with van der Waals surface area (Å²) < 4.78 is 38.9. The maximum absolute atomic E-state index is 12.7. The second-order valence-electron chi connectivity index (χ2n) is 8.06. The summed E-state index contributed by atoms with van der Waals surface area (Å²) in [4.78, 5) is 0. The molecule has 26 heavy (non-hydrogen) atoms. The van der Waals surface area contributed by atoms with Gasteiger partial charge in [-0.15, -0.1) is 0 Å². The molecule has 4 rings (SSSR count). The van der Waals surface area contributed by atoms with Crippen molar-refractivity contribution in [1.29, 1.82) is 5.26 Å². The van der Waals surface area contributed by atoms with Crippen LogP contribution in [0.15, 0.2) is 24.4 Å². The van der Waals surface area contributed by atoms with Crippen LogP contribution in [-0.2, 0) is 19.3 Å². The van der Waals surface area contributed by atoms with Crippen LogP contribution in [0.1, 0.15) is 46.1 Å². The Balaban J connectivity index is 1.86. The van der Waals surface area contributed by atoms with Gasteiger partial charge in [0.15, 0.2) is 0 Å². The highest BCUT2D eigenvalue weighted by Crippen LogP contribution is 2.37. The lowest BCUT2D eigenvalue weighted by Gasteiger charge is -2.32. The maximum Gasteiger partial charge on any atom is 0.494 e. The number of hydrogen-bond donors (Lipinski definition) is 0. The van der Waals surface area contributed by atoms with Gasteiger partial charge in [0.2, 0.25) is 10.0 Å². The summed E-state index contributed by atoms with van der Waals surface area (Å²) in [7, 11) is -4.08. The zero-order valence-corrected chi connectivity index (χ0v) is 16.1. The Kier molecular flexibility index (Phi) is 3.62. The number of nitrogens with zero attached hydrogens (tertiary/aromatic N) is 2. The van der Waals surface area contributed by atoms with E-state index in [9.17, 15) is 13.7 Å². The third-order valence-electron chi connectivity index (χ3n) is 5.66. The van der Waals surface area contributed by atoms with E-state index in [4.69, 9.17) is 9.31 Å². The van der Waals surface area contributed by atoms with Crippen molar-refractivity contribution in [3.63, 3.8) is 0 Å².